The number of nitrogens with zero attached hydrogens (tertiary/aromatic N) is 3. The molecule has 2 heterocycles. The Labute approximate surface area is 129 Å². The van der Waals surface area contributed by atoms with E-state index < -0.39 is 0 Å². The van der Waals surface area contributed by atoms with Gasteiger partial charge in [0.2, 0.25) is 0 Å². The molecule has 2 aromatic rings. The van der Waals surface area contributed by atoms with Crippen LogP contribution in [0.5, 0.6) is 0 Å². The second-order valence-corrected chi connectivity index (χ2v) is 4.85. The van der Waals surface area contributed by atoms with Crippen LogP contribution in [0.3, 0.4) is 0 Å². The van der Waals surface area contributed by atoms with Crippen molar-refractivity contribution >= 4 is 34.6 Å². The Morgan fingerprint density at radius 1 is 1.48 bits per heavy atom. The average Bonchev–Trinajstić information content (AvgIpc) is 2.47. The fourth-order valence-electron chi connectivity index (χ4n) is 2.07. The first-order chi connectivity index (χ1) is 10.1. The monoisotopic (exact) mass is 303 g/mol. The van der Waals surface area contributed by atoms with E-state index in [1.54, 1.807) is 12.3 Å². The highest BCUT2D eigenvalue weighted by Crippen LogP contribution is 2.28. The summed E-state index contributed by atoms with van der Waals surface area (Å²) in [6.45, 7) is 6.86. The predicted octanol–water partition coefficient (Wildman–Crippen LogP) is 3.25. The molecule has 21 heavy (non-hydrogen) atoms. The van der Waals surface area contributed by atoms with Crippen molar-refractivity contribution in [2.45, 2.75) is 6.92 Å². The van der Waals surface area contributed by atoms with Gasteiger partial charge in [0, 0.05) is 19.8 Å². The molecular formula is C15H18ClN5. The minimum atomic E-state index is 0.469. The summed E-state index contributed by atoms with van der Waals surface area (Å²) >= 11 is 5.98. The number of halogens is 1. The smallest absolute Gasteiger partial charge is 0.135 e. The Bertz CT molecular complexity index is 656. The molecule has 2 rings (SSSR count). The Kier molecular flexibility index (Phi) is 4.65. The van der Waals surface area contributed by atoms with Gasteiger partial charge in [-0.25, -0.2) is 4.98 Å². The molecule has 0 saturated carbocycles. The number of rotatable bonds is 5. The van der Waals surface area contributed by atoms with Gasteiger partial charge in [0.1, 0.15) is 17.3 Å². The topological polar surface area (TPSA) is 67.1 Å². The van der Waals surface area contributed by atoms with Crippen molar-refractivity contribution in [2.75, 3.05) is 29.5 Å². The molecule has 110 valence electrons. The molecule has 0 fully saturated rings. The number of hydrogen-bond acceptors (Lipinski definition) is 5. The first-order valence-corrected chi connectivity index (χ1v) is 6.97. The van der Waals surface area contributed by atoms with Gasteiger partial charge in [-0.15, -0.1) is 0 Å². The van der Waals surface area contributed by atoms with Crippen LogP contribution in [0, 0.1) is 0 Å². The normalized spacial score (nSPS) is 10.2. The molecule has 2 aromatic heterocycles. The van der Waals surface area contributed by atoms with Crippen LogP contribution in [-0.4, -0.2) is 23.6 Å². The van der Waals surface area contributed by atoms with Crippen molar-refractivity contribution in [1.82, 2.24) is 9.97 Å². The Morgan fingerprint density at radius 3 is 2.86 bits per heavy atom. The van der Waals surface area contributed by atoms with Crippen LogP contribution in [0.2, 0.25) is 5.02 Å². The van der Waals surface area contributed by atoms with Crippen molar-refractivity contribution in [3.8, 4) is 0 Å². The van der Waals surface area contributed by atoms with Crippen LogP contribution < -0.4 is 16.0 Å². The van der Waals surface area contributed by atoms with Crippen LogP contribution in [-0.2, 0) is 0 Å². The lowest BCUT2D eigenvalue weighted by Gasteiger charge is -2.25. The minimum absolute atomic E-state index is 0.469. The molecule has 0 bridgehead atoms. The Hall–Kier alpha value is -2.27. The number of aromatic nitrogens is 2. The van der Waals surface area contributed by atoms with E-state index in [1.165, 1.54) is 0 Å². The third-order valence-corrected chi connectivity index (χ3v) is 3.28. The van der Waals surface area contributed by atoms with E-state index in [0.29, 0.717) is 17.4 Å². The molecule has 0 aromatic carbocycles. The maximum absolute atomic E-state index is 5.98. The quantitative estimate of drug-likeness (QED) is 0.887. The van der Waals surface area contributed by atoms with Gasteiger partial charge in [-0.05, 0) is 25.1 Å². The highest BCUT2D eigenvalue weighted by Gasteiger charge is 2.16. The summed E-state index contributed by atoms with van der Waals surface area (Å²) in [6.07, 6.45) is 1.60. The van der Waals surface area contributed by atoms with E-state index >= 15 is 0 Å². The van der Waals surface area contributed by atoms with Gasteiger partial charge in [0.05, 0.1) is 16.4 Å². The molecule has 0 amide bonds. The van der Waals surface area contributed by atoms with Crippen LogP contribution in [0.1, 0.15) is 12.6 Å². The maximum Gasteiger partial charge on any atom is 0.135 e. The van der Waals surface area contributed by atoms with Crippen LogP contribution in [0.25, 0.3) is 5.70 Å². The van der Waals surface area contributed by atoms with Gasteiger partial charge in [-0.3, -0.25) is 4.98 Å². The molecular weight excluding hydrogens is 286 g/mol. The standard InChI is InChI=1S/C15H18ClN5/c1-4-21(14-7-5-6-13(17)20-14)10(2)15-12(18-3)8-11(16)9-19-15/h5-9,18H,2,4H2,1,3H3,(H2,17,20). The number of nitrogen functional groups attached to an aromatic ring is 1. The molecule has 6 heteroatoms. The summed E-state index contributed by atoms with van der Waals surface area (Å²) in [6, 6.07) is 7.32. The summed E-state index contributed by atoms with van der Waals surface area (Å²) in [4.78, 5) is 10.7. The molecule has 0 saturated heterocycles. The maximum atomic E-state index is 5.98. The van der Waals surface area contributed by atoms with Crippen LogP contribution in [0.4, 0.5) is 17.3 Å². The van der Waals surface area contributed by atoms with Crippen molar-refractivity contribution in [2.24, 2.45) is 0 Å². The number of anilines is 3. The molecule has 0 radical (unpaired) electrons. The summed E-state index contributed by atoms with van der Waals surface area (Å²) in [5, 5.41) is 3.65. The summed E-state index contributed by atoms with van der Waals surface area (Å²) in [7, 11) is 1.82. The molecule has 0 unspecified atom stereocenters. The fraction of sp³-hybridized carbons (Fsp3) is 0.200. The van der Waals surface area contributed by atoms with E-state index in [2.05, 4.69) is 21.9 Å². The third kappa shape index (κ3) is 3.25. The predicted molar refractivity (Wildman–Crippen MR) is 89.5 cm³/mol. The summed E-state index contributed by atoms with van der Waals surface area (Å²) in [5.41, 5.74) is 8.03. The molecule has 3 N–H and O–H groups in total. The average molecular weight is 304 g/mol. The van der Waals surface area contributed by atoms with Gasteiger partial charge in [0.15, 0.2) is 0 Å². The zero-order valence-corrected chi connectivity index (χ0v) is 12.9. The van der Waals surface area contributed by atoms with E-state index in [-0.39, 0.29) is 0 Å². The Balaban J connectivity index is 2.41. The summed E-state index contributed by atoms with van der Waals surface area (Å²) < 4.78 is 0. The number of nitrogens with two attached hydrogens (primary N) is 1. The SMILES string of the molecule is C=C(c1ncc(Cl)cc1NC)N(CC)c1cccc(N)n1. The highest BCUT2D eigenvalue weighted by atomic mass is 35.5. The zero-order valence-electron chi connectivity index (χ0n) is 12.1. The number of pyridine rings is 2. The van der Waals surface area contributed by atoms with Crippen molar-refractivity contribution in [1.29, 1.82) is 0 Å². The lowest BCUT2D eigenvalue weighted by molar-refractivity contribution is 0.992. The Morgan fingerprint density at radius 2 is 2.24 bits per heavy atom. The van der Waals surface area contributed by atoms with Gasteiger partial charge >= 0.3 is 0 Å². The van der Waals surface area contributed by atoms with Gasteiger partial charge in [-0.2, -0.15) is 0 Å². The zero-order chi connectivity index (χ0) is 15.4. The number of nitrogens with one attached hydrogen (secondary N) is 1. The van der Waals surface area contributed by atoms with Crippen LogP contribution in [0.15, 0.2) is 37.0 Å². The van der Waals surface area contributed by atoms with Crippen LogP contribution >= 0.6 is 11.6 Å². The summed E-state index contributed by atoms with van der Waals surface area (Å²) in [5.74, 6) is 1.21. The molecule has 0 atom stereocenters. The largest absolute Gasteiger partial charge is 0.386 e. The molecule has 0 aliphatic rings. The molecule has 0 spiro atoms. The lowest BCUT2D eigenvalue weighted by atomic mass is 10.2. The van der Waals surface area contributed by atoms with Gasteiger partial charge < -0.3 is 16.0 Å². The van der Waals surface area contributed by atoms with E-state index in [9.17, 15) is 0 Å². The van der Waals surface area contributed by atoms with E-state index in [0.717, 1.165) is 22.9 Å². The first-order valence-electron chi connectivity index (χ1n) is 6.59. The molecule has 5 nitrogen and oxygen atoms in total. The van der Waals surface area contributed by atoms with Crippen molar-refractivity contribution in [3.63, 3.8) is 0 Å². The minimum Gasteiger partial charge on any atom is -0.386 e. The van der Waals surface area contributed by atoms with Gasteiger partial charge in [0.25, 0.3) is 0 Å². The third-order valence-electron chi connectivity index (χ3n) is 3.07. The molecule has 0 aliphatic carbocycles. The fourth-order valence-corrected chi connectivity index (χ4v) is 2.23. The van der Waals surface area contributed by atoms with E-state index in [1.807, 2.05) is 37.1 Å². The van der Waals surface area contributed by atoms with Crippen molar-refractivity contribution in [3.05, 3.63) is 47.8 Å². The lowest BCUT2D eigenvalue weighted by Crippen LogP contribution is -2.22. The van der Waals surface area contributed by atoms with Crippen molar-refractivity contribution < 1.29 is 0 Å². The molecule has 0 aliphatic heterocycles. The second kappa shape index (κ2) is 6.45. The second-order valence-electron chi connectivity index (χ2n) is 4.41. The van der Waals surface area contributed by atoms with E-state index in [4.69, 9.17) is 17.3 Å². The van der Waals surface area contributed by atoms with Gasteiger partial charge in [-0.1, -0.05) is 24.2 Å². The highest BCUT2D eigenvalue weighted by molar-refractivity contribution is 6.30. The number of hydrogen-bond donors (Lipinski definition) is 2. The first kappa shape index (κ1) is 15.1.